The van der Waals surface area contributed by atoms with E-state index in [-0.39, 0.29) is 6.79 Å². The average molecular weight is 295 g/mol. The summed E-state index contributed by atoms with van der Waals surface area (Å²) in [6.45, 7) is 1.89. The summed E-state index contributed by atoms with van der Waals surface area (Å²) in [7, 11) is 0. The summed E-state index contributed by atoms with van der Waals surface area (Å²) in [6, 6.07) is 3.75. The molecule has 7 heteroatoms. The lowest BCUT2D eigenvalue weighted by atomic mass is 10.1. The maximum atomic E-state index is 6.13. The number of nitrogens with two attached hydrogens (primary N) is 1. The number of aromatic nitrogens is 3. The predicted octanol–water partition coefficient (Wildman–Crippen LogP) is 1.35. The quantitative estimate of drug-likeness (QED) is 0.921. The number of halogens is 1. The van der Waals surface area contributed by atoms with Gasteiger partial charge in [0.2, 0.25) is 0 Å². The van der Waals surface area contributed by atoms with E-state index in [1.165, 1.54) is 0 Å². The molecular weight excluding hydrogens is 280 g/mol. The van der Waals surface area contributed by atoms with E-state index in [0.717, 1.165) is 29.0 Å². The number of nitrogens with zero attached hydrogens (tertiary/aromatic N) is 3. The highest BCUT2D eigenvalue weighted by Crippen LogP contribution is 2.32. The number of fused-ring (bicyclic) bond motifs is 1. The molecule has 2 N–H and O–H groups in total. The Morgan fingerprint density at radius 2 is 2.30 bits per heavy atom. The summed E-state index contributed by atoms with van der Waals surface area (Å²) in [4.78, 5) is 0. The van der Waals surface area contributed by atoms with Gasteiger partial charge in [-0.25, -0.2) is 4.68 Å². The summed E-state index contributed by atoms with van der Waals surface area (Å²) in [5.74, 6) is 0.830. The number of benzene rings is 1. The molecule has 0 unspecified atom stereocenters. The van der Waals surface area contributed by atoms with Gasteiger partial charge >= 0.3 is 0 Å². The fourth-order valence-corrected chi connectivity index (χ4v) is 2.49. The highest BCUT2D eigenvalue weighted by Gasteiger charge is 2.17. The predicted molar refractivity (Wildman–Crippen MR) is 73.6 cm³/mol. The SMILES string of the molecule is NCCc1cn(Cc2cc(Cl)cc3c2OCOC3)nn1. The van der Waals surface area contributed by atoms with Gasteiger partial charge in [0, 0.05) is 28.8 Å². The highest BCUT2D eigenvalue weighted by atomic mass is 35.5. The molecule has 1 aliphatic heterocycles. The van der Waals surface area contributed by atoms with Gasteiger partial charge in [-0.05, 0) is 18.7 Å². The minimum Gasteiger partial charge on any atom is -0.467 e. The Bertz CT molecular complexity index is 614. The largest absolute Gasteiger partial charge is 0.467 e. The zero-order valence-electron chi connectivity index (χ0n) is 10.9. The van der Waals surface area contributed by atoms with Gasteiger partial charge in [0.05, 0.1) is 18.8 Å². The Labute approximate surface area is 121 Å². The van der Waals surface area contributed by atoms with E-state index < -0.39 is 0 Å². The summed E-state index contributed by atoms with van der Waals surface area (Å²) < 4.78 is 12.6. The Kier molecular flexibility index (Phi) is 3.86. The maximum Gasteiger partial charge on any atom is 0.189 e. The van der Waals surface area contributed by atoms with E-state index in [4.69, 9.17) is 26.8 Å². The van der Waals surface area contributed by atoms with Crippen molar-refractivity contribution in [3.8, 4) is 5.75 Å². The highest BCUT2D eigenvalue weighted by molar-refractivity contribution is 6.30. The molecule has 1 aliphatic rings. The van der Waals surface area contributed by atoms with Crippen molar-refractivity contribution in [1.82, 2.24) is 15.0 Å². The van der Waals surface area contributed by atoms with Gasteiger partial charge in [-0.2, -0.15) is 0 Å². The van der Waals surface area contributed by atoms with E-state index in [1.807, 2.05) is 18.3 Å². The van der Waals surface area contributed by atoms with Crippen molar-refractivity contribution in [2.75, 3.05) is 13.3 Å². The standard InChI is InChI=1S/C13H15ClN4O2/c14-11-3-9(13-10(4-11)7-19-8-20-13)5-18-6-12(1-2-15)16-17-18/h3-4,6H,1-2,5,7-8,15H2. The van der Waals surface area contributed by atoms with Crippen molar-refractivity contribution in [2.45, 2.75) is 19.6 Å². The van der Waals surface area contributed by atoms with Crippen LogP contribution < -0.4 is 10.5 Å². The third-order valence-corrected chi connectivity index (χ3v) is 3.29. The summed E-state index contributed by atoms with van der Waals surface area (Å²) >= 11 is 6.13. The van der Waals surface area contributed by atoms with Crippen LogP contribution >= 0.6 is 11.6 Å². The Balaban J connectivity index is 1.87. The lowest BCUT2D eigenvalue weighted by Gasteiger charge is -2.21. The van der Waals surface area contributed by atoms with Crippen LogP contribution in [0, 0.1) is 0 Å². The van der Waals surface area contributed by atoms with Crippen LogP contribution in [0.15, 0.2) is 18.3 Å². The first kappa shape index (κ1) is 13.4. The molecule has 0 bridgehead atoms. The molecular formula is C13H15ClN4O2. The van der Waals surface area contributed by atoms with Gasteiger partial charge in [-0.15, -0.1) is 5.10 Å². The topological polar surface area (TPSA) is 75.2 Å². The number of hydrogen-bond acceptors (Lipinski definition) is 5. The Morgan fingerprint density at radius 3 is 3.15 bits per heavy atom. The second-order valence-electron chi connectivity index (χ2n) is 4.61. The van der Waals surface area contributed by atoms with E-state index in [1.54, 1.807) is 4.68 Å². The molecule has 3 rings (SSSR count). The van der Waals surface area contributed by atoms with Crippen molar-refractivity contribution in [3.63, 3.8) is 0 Å². The summed E-state index contributed by atoms with van der Waals surface area (Å²) in [5, 5.41) is 8.82. The molecule has 0 spiro atoms. The van der Waals surface area contributed by atoms with Crippen LogP contribution in [0.5, 0.6) is 5.75 Å². The van der Waals surface area contributed by atoms with Crippen LogP contribution in [0.2, 0.25) is 5.02 Å². The smallest absolute Gasteiger partial charge is 0.189 e. The Hall–Kier alpha value is -1.63. The third kappa shape index (κ3) is 2.77. The van der Waals surface area contributed by atoms with Crippen molar-refractivity contribution in [3.05, 3.63) is 40.2 Å². The van der Waals surface area contributed by atoms with Gasteiger partial charge in [0.1, 0.15) is 5.75 Å². The summed E-state index contributed by atoms with van der Waals surface area (Å²) in [5.41, 5.74) is 8.32. The Morgan fingerprint density at radius 1 is 1.40 bits per heavy atom. The molecule has 0 atom stereocenters. The third-order valence-electron chi connectivity index (χ3n) is 3.07. The lowest BCUT2D eigenvalue weighted by Crippen LogP contribution is -2.14. The second kappa shape index (κ2) is 5.78. The fraction of sp³-hybridized carbons (Fsp3) is 0.385. The molecule has 1 aromatic heterocycles. The molecule has 0 fully saturated rings. The van der Waals surface area contributed by atoms with Crippen LogP contribution in [0.3, 0.4) is 0 Å². The zero-order valence-corrected chi connectivity index (χ0v) is 11.6. The number of rotatable bonds is 4. The van der Waals surface area contributed by atoms with Gasteiger partial charge < -0.3 is 15.2 Å². The molecule has 0 saturated carbocycles. The molecule has 0 saturated heterocycles. The monoisotopic (exact) mass is 294 g/mol. The minimum absolute atomic E-state index is 0.261. The van der Waals surface area contributed by atoms with E-state index in [2.05, 4.69) is 10.3 Å². The molecule has 2 aromatic rings. The van der Waals surface area contributed by atoms with E-state index >= 15 is 0 Å². The van der Waals surface area contributed by atoms with Gasteiger partial charge in [0.25, 0.3) is 0 Å². The molecule has 2 heterocycles. The van der Waals surface area contributed by atoms with Gasteiger partial charge in [0.15, 0.2) is 6.79 Å². The van der Waals surface area contributed by atoms with Crippen LogP contribution in [0.4, 0.5) is 0 Å². The van der Waals surface area contributed by atoms with E-state index in [0.29, 0.717) is 24.7 Å². The number of ether oxygens (including phenoxy) is 2. The molecule has 106 valence electrons. The van der Waals surface area contributed by atoms with E-state index in [9.17, 15) is 0 Å². The van der Waals surface area contributed by atoms with Gasteiger partial charge in [-0.1, -0.05) is 16.8 Å². The minimum atomic E-state index is 0.261. The van der Waals surface area contributed by atoms with Crippen LogP contribution in [0.25, 0.3) is 0 Å². The van der Waals surface area contributed by atoms with Crippen molar-refractivity contribution < 1.29 is 9.47 Å². The molecule has 0 radical (unpaired) electrons. The van der Waals surface area contributed by atoms with Crippen LogP contribution in [0.1, 0.15) is 16.8 Å². The van der Waals surface area contributed by atoms with Crippen LogP contribution in [-0.4, -0.2) is 28.3 Å². The average Bonchev–Trinajstić information content (AvgIpc) is 2.86. The van der Waals surface area contributed by atoms with Gasteiger partial charge in [-0.3, -0.25) is 0 Å². The first-order chi connectivity index (χ1) is 9.76. The summed E-state index contributed by atoms with van der Waals surface area (Å²) in [6.07, 6.45) is 2.61. The van der Waals surface area contributed by atoms with Crippen LogP contribution in [-0.2, 0) is 24.3 Å². The van der Waals surface area contributed by atoms with Crippen molar-refractivity contribution in [1.29, 1.82) is 0 Å². The lowest BCUT2D eigenvalue weighted by molar-refractivity contribution is -0.0171. The first-order valence-corrected chi connectivity index (χ1v) is 6.75. The second-order valence-corrected chi connectivity index (χ2v) is 5.05. The fourth-order valence-electron chi connectivity index (χ4n) is 2.23. The van der Waals surface area contributed by atoms with Crippen molar-refractivity contribution >= 4 is 11.6 Å². The molecule has 1 aromatic carbocycles. The van der Waals surface area contributed by atoms with Crippen molar-refractivity contribution in [2.24, 2.45) is 5.73 Å². The first-order valence-electron chi connectivity index (χ1n) is 6.37. The molecule has 6 nitrogen and oxygen atoms in total. The maximum absolute atomic E-state index is 6.13. The molecule has 20 heavy (non-hydrogen) atoms. The number of hydrogen-bond donors (Lipinski definition) is 1. The molecule has 0 amide bonds. The normalized spacial score (nSPS) is 13.9. The zero-order chi connectivity index (χ0) is 13.9. The molecule has 0 aliphatic carbocycles.